The molecule has 2 fully saturated rings. The standard InChI is InChI=1S/C19H26N4O2/c1-21-16-9-4-10-20-18(16)23(19(21)25)15-8-5-11-22(13-15)17(24)12-14-6-2-3-7-14/h4,9-10,14-15H,2-3,5-8,11-13H2,1H3. The third-order valence-corrected chi connectivity index (χ3v) is 5.90. The van der Waals surface area contributed by atoms with Gasteiger partial charge in [0.1, 0.15) is 0 Å². The summed E-state index contributed by atoms with van der Waals surface area (Å²) >= 11 is 0. The average Bonchev–Trinajstić information content (AvgIpc) is 3.23. The molecular weight excluding hydrogens is 316 g/mol. The number of fused-ring (bicyclic) bond motifs is 1. The monoisotopic (exact) mass is 342 g/mol. The molecule has 1 atom stereocenters. The molecule has 25 heavy (non-hydrogen) atoms. The Balaban J connectivity index is 1.56. The fraction of sp³-hybridized carbons (Fsp3) is 0.632. The van der Waals surface area contributed by atoms with Gasteiger partial charge in [-0.15, -0.1) is 0 Å². The number of imidazole rings is 1. The Morgan fingerprint density at radius 3 is 2.84 bits per heavy atom. The van der Waals surface area contributed by atoms with Crippen molar-refractivity contribution in [3.8, 4) is 0 Å². The van der Waals surface area contributed by atoms with E-state index in [1.165, 1.54) is 25.7 Å². The topological polar surface area (TPSA) is 60.1 Å². The molecule has 1 aliphatic carbocycles. The average molecular weight is 342 g/mol. The van der Waals surface area contributed by atoms with E-state index in [-0.39, 0.29) is 17.6 Å². The summed E-state index contributed by atoms with van der Waals surface area (Å²) in [5.74, 6) is 0.827. The zero-order chi connectivity index (χ0) is 17.4. The molecular formula is C19H26N4O2. The molecule has 1 saturated heterocycles. The largest absolute Gasteiger partial charge is 0.341 e. The Labute approximate surface area is 147 Å². The maximum atomic E-state index is 12.7. The highest BCUT2D eigenvalue weighted by molar-refractivity contribution is 5.76. The molecule has 2 aliphatic rings. The summed E-state index contributed by atoms with van der Waals surface area (Å²) in [6.07, 6.45) is 9.17. The van der Waals surface area contributed by atoms with Crippen LogP contribution < -0.4 is 5.69 Å². The van der Waals surface area contributed by atoms with E-state index in [9.17, 15) is 9.59 Å². The normalized spacial score (nSPS) is 22.0. The minimum atomic E-state index is -0.0382. The van der Waals surface area contributed by atoms with Gasteiger partial charge >= 0.3 is 5.69 Å². The van der Waals surface area contributed by atoms with Crippen molar-refractivity contribution in [1.82, 2.24) is 19.0 Å². The zero-order valence-corrected chi connectivity index (χ0v) is 14.9. The van der Waals surface area contributed by atoms with Crippen LogP contribution in [-0.2, 0) is 11.8 Å². The lowest BCUT2D eigenvalue weighted by Crippen LogP contribution is -2.43. The van der Waals surface area contributed by atoms with E-state index in [1.807, 2.05) is 17.0 Å². The molecule has 1 amide bonds. The molecule has 6 heteroatoms. The molecule has 2 aromatic heterocycles. The number of piperidine rings is 1. The number of nitrogens with zero attached hydrogens (tertiary/aromatic N) is 4. The Bertz CT molecular complexity index is 832. The molecule has 0 bridgehead atoms. The Kier molecular flexibility index (Phi) is 4.36. The molecule has 134 valence electrons. The number of pyridine rings is 1. The first kappa shape index (κ1) is 16.4. The highest BCUT2D eigenvalue weighted by Gasteiger charge is 2.29. The molecule has 0 N–H and O–H groups in total. The van der Waals surface area contributed by atoms with Gasteiger partial charge in [0, 0.05) is 32.8 Å². The van der Waals surface area contributed by atoms with E-state index in [0.29, 0.717) is 18.9 Å². The van der Waals surface area contributed by atoms with Gasteiger partial charge in [0.2, 0.25) is 5.91 Å². The van der Waals surface area contributed by atoms with Crippen LogP contribution in [0.2, 0.25) is 0 Å². The number of carbonyl (C=O) groups is 1. The number of aromatic nitrogens is 3. The summed E-state index contributed by atoms with van der Waals surface area (Å²) in [5.41, 5.74) is 1.54. The van der Waals surface area contributed by atoms with E-state index in [4.69, 9.17) is 0 Å². The van der Waals surface area contributed by atoms with Gasteiger partial charge in [0.05, 0.1) is 11.6 Å². The molecule has 1 unspecified atom stereocenters. The maximum Gasteiger partial charge on any atom is 0.330 e. The maximum absolute atomic E-state index is 12.7. The van der Waals surface area contributed by atoms with Gasteiger partial charge in [-0.1, -0.05) is 12.8 Å². The van der Waals surface area contributed by atoms with E-state index in [1.54, 1.807) is 22.4 Å². The lowest BCUT2D eigenvalue weighted by atomic mass is 10.0. The second kappa shape index (κ2) is 6.65. The van der Waals surface area contributed by atoms with Gasteiger partial charge in [-0.25, -0.2) is 9.78 Å². The lowest BCUT2D eigenvalue weighted by molar-refractivity contribution is -0.133. The smallest absolute Gasteiger partial charge is 0.330 e. The third kappa shape index (κ3) is 2.98. The molecule has 3 heterocycles. The summed E-state index contributed by atoms with van der Waals surface area (Å²) in [5, 5.41) is 0. The SMILES string of the molecule is Cn1c(=O)n(C2CCCN(C(=O)CC3CCCC3)C2)c2ncccc21. The fourth-order valence-corrected chi connectivity index (χ4v) is 4.50. The van der Waals surface area contributed by atoms with Crippen LogP contribution >= 0.6 is 0 Å². The first-order valence-corrected chi connectivity index (χ1v) is 9.45. The molecule has 0 aromatic carbocycles. The second-order valence-corrected chi connectivity index (χ2v) is 7.55. The quantitative estimate of drug-likeness (QED) is 0.861. The van der Waals surface area contributed by atoms with Crippen molar-refractivity contribution in [1.29, 1.82) is 0 Å². The van der Waals surface area contributed by atoms with Crippen LogP contribution in [0.5, 0.6) is 0 Å². The molecule has 0 spiro atoms. The third-order valence-electron chi connectivity index (χ3n) is 5.90. The number of hydrogen-bond donors (Lipinski definition) is 0. The van der Waals surface area contributed by atoms with Gasteiger partial charge in [-0.05, 0) is 43.7 Å². The van der Waals surface area contributed by atoms with E-state index in [2.05, 4.69) is 4.98 Å². The van der Waals surface area contributed by atoms with Gasteiger partial charge in [0.25, 0.3) is 0 Å². The Hall–Kier alpha value is -2.11. The number of amides is 1. The minimum absolute atomic E-state index is 0.0207. The van der Waals surface area contributed by atoms with E-state index < -0.39 is 0 Å². The summed E-state index contributed by atoms with van der Waals surface area (Å²) < 4.78 is 3.45. The molecule has 2 aromatic rings. The van der Waals surface area contributed by atoms with Crippen LogP contribution in [0.15, 0.2) is 23.1 Å². The number of hydrogen-bond acceptors (Lipinski definition) is 3. The molecule has 6 nitrogen and oxygen atoms in total. The van der Waals surface area contributed by atoms with Crippen LogP contribution in [0, 0.1) is 5.92 Å². The molecule has 1 saturated carbocycles. The van der Waals surface area contributed by atoms with Crippen molar-refractivity contribution in [2.75, 3.05) is 13.1 Å². The summed E-state index contributed by atoms with van der Waals surface area (Å²) in [6, 6.07) is 3.80. The van der Waals surface area contributed by atoms with E-state index in [0.717, 1.165) is 30.6 Å². The highest BCUT2D eigenvalue weighted by Crippen LogP contribution is 2.30. The van der Waals surface area contributed by atoms with Crippen LogP contribution in [0.4, 0.5) is 0 Å². The van der Waals surface area contributed by atoms with Crippen molar-refractivity contribution < 1.29 is 4.79 Å². The predicted molar refractivity (Wildman–Crippen MR) is 96.4 cm³/mol. The van der Waals surface area contributed by atoms with Crippen LogP contribution in [-0.4, -0.2) is 38.0 Å². The molecule has 0 radical (unpaired) electrons. The summed E-state index contributed by atoms with van der Waals surface area (Å²) in [7, 11) is 1.79. The second-order valence-electron chi connectivity index (χ2n) is 7.55. The van der Waals surface area contributed by atoms with Gasteiger partial charge < -0.3 is 4.90 Å². The predicted octanol–water partition coefficient (Wildman–Crippen LogP) is 2.48. The van der Waals surface area contributed by atoms with Crippen LogP contribution in [0.3, 0.4) is 0 Å². The summed E-state index contributed by atoms with van der Waals surface area (Å²) in [6.45, 7) is 1.44. The lowest BCUT2D eigenvalue weighted by Gasteiger charge is -2.33. The number of rotatable bonds is 3. The first-order chi connectivity index (χ1) is 12.1. The number of likely N-dealkylation sites (tertiary alicyclic amines) is 1. The minimum Gasteiger partial charge on any atom is -0.341 e. The molecule has 1 aliphatic heterocycles. The molecule has 4 rings (SSSR count). The van der Waals surface area contributed by atoms with Gasteiger partial charge in [0.15, 0.2) is 5.65 Å². The number of carbonyl (C=O) groups excluding carboxylic acids is 1. The Morgan fingerprint density at radius 1 is 1.24 bits per heavy atom. The van der Waals surface area contributed by atoms with Crippen molar-refractivity contribution in [3.05, 3.63) is 28.8 Å². The van der Waals surface area contributed by atoms with Crippen molar-refractivity contribution >= 4 is 17.1 Å². The van der Waals surface area contributed by atoms with Crippen molar-refractivity contribution in [3.63, 3.8) is 0 Å². The highest BCUT2D eigenvalue weighted by atomic mass is 16.2. The zero-order valence-electron chi connectivity index (χ0n) is 14.9. The Morgan fingerprint density at radius 2 is 2.04 bits per heavy atom. The number of aryl methyl sites for hydroxylation is 1. The van der Waals surface area contributed by atoms with Gasteiger partial charge in [-0.2, -0.15) is 0 Å². The van der Waals surface area contributed by atoms with Crippen molar-refractivity contribution in [2.24, 2.45) is 13.0 Å². The van der Waals surface area contributed by atoms with Gasteiger partial charge in [-0.3, -0.25) is 13.9 Å². The fourth-order valence-electron chi connectivity index (χ4n) is 4.50. The van der Waals surface area contributed by atoms with Crippen LogP contribution in [0.1, 0.15) is 51.0 Å². The first-order valence-electron chi connectivity index (χ1n) is 9.45. The summed E-state index contributed by atoms with van der Waals surface area (Å²) in [4.78, 5) is 31.8. The van der Waals surface area contributed by atoms with Crippen molar-refractivity contribution in [2.45, 2.75) is 51.0 Å². The van der Waals surface area contributed by atoms with E-state index >= 15 is 0 Å². The van der Waals surface area contributed by atoms with Crippen LogP contribution in [0.25, 0.3) is 11.2 Å².